The highest BCUT2D eigenvalue weighted by Gasteiger charge is 2.27. The van der Waals surface area contributed by atoms with E-state index in [4.69, 9.17) is 4.74 Å². The Hall–Kier alpha value is -1.64. The normalized spacial score (nSPS) is 14.9. The summed E-state index contributed by atoms with van der Waals surface area (Å²) in [5, 5.41) is 3.70. The lowest BCUT2D eigenvalue weighted by Gasteiger charge is -2.19. The van der Waals surface area contributed by atoms with Crippen molar-refractivity contribution in [1.82, 2.24) is 5.32 Å². The van der Waals surface area contributed by atoms with Crippen LogP contribution >= 0.6 is 0 Å². The van der Waals surface area contributed by atoms with Gasteiger partial charge < -0.3 is 10.1 Å². The highest BCUT2D eigenvalue weighted by Crippen LogP contribution is 2.42. The van der Waals surface area contributed by atoms with Crippen LogP contribution in [0.2, 0.25) is 0 Å². The predicted octanol–water partition coefficient (Wildman–Crippen LogP) is 3.63. The van der Waals surface area contributed by atoms with Gasteiger partial charge in [0.2, 0.25) is 0 Å². The second-order valence-electron chi connectivity index (χ2n) is 5.58. The van der Waals surface area contributed by atoms with Crippen molar-refractivity contribution in [3.8, 4) is 11.1 Å². The predicted molar refractivity (Wildman–Crippen MR) is 82.8 cm³/mol. The average molecular weight is 267 g/mol. The maximum Gasteiger partial charge on any atom is 0.0589 e. The highest BCUT2D eigenvalue weighted by atomic mass is 16.5. The molecule has 2 aromatic carbocycles. The molecule has 1 N–H and O–H groups in total. The molecule has 104 valence electrons. The smallest absolute Gasteiger partial charge is 0.0589 e. The summed E-state index contributed by atoms with van der Waals surface area (Å²) in [6.07, 6.45) is 0. The molecule has 0 amide bonds. The molecule has 1 aliphatic rings. The Balaban J connectivity index is 1.87. The number of hydrogen-bond donors (Lipinski definition) is 1. The van der Waals surface area contributed by atoms with Gasteiger partial charge in [-0.1, -0.05) is 55.5 Å². The standard InChI is InChI=1S/C18H21NO/c1-13(12-20-2)11-19-18-16-9-5-3-7-14(16)15-8-4-6-10-17(15)18/h3-10,13,18-19H,11-12H2,1-2H3. The molecular weight excluding hydrogens is 246 g/mol. The van der Waals surface area contributed by atoms with Gasteiger partial charge in [0.1, 0.15) is 0 Å². The molecular formula is C18H21NO. The Morgan fingerprint density at radius 1 is 1.00 bits per heavy atom. The molecule has 2 heteroatoms. The van der Waals surface area contributed by atoms with Gasteiger partial charge in [0.25, 0.3) is 0 Å². The molecule has 0 saturated heterocycles. The van der Waals surface area contributed by atoms with Crippen molar-refractivity contribution in [2.45, 2.75) is 13.0 Å². The van der Waals surface area contributed by atoms with Crippen LogP contribution in [-0.2, 0) is 4.74 Å². The van der Waals surface area contributed by atoms with Crippen molar-refractivity contribution in [2.24, 2.45) is 5.92 Å². The minimum atomic E-state index is 0.307. The van der Waals surface area contributed by atoms with Crippen molar-refractivity contribution in [2.75, 3.05) is 20.3 Å². The zero-order valence-electron chi connectivity index (χ0n) is 12.1. The lowest BCUT2D eigenvalue weighted by Crippen LogP contribution is -2.27. The van der Waals surface area contributed by atoms with E-state index in [2.05, 4.69) is 60.8 Å². The Labute approximate surface area is 120 Å². The van der Waals surface area contributed by atoms with E-state index in [1.807, 2.05) is 0 Å². The molecule has 0 aliphatic heterocycles. The first kappa shape index (κ1) is 13.3. The number of ether oxygens (including phenoxy) is 1. The van der Waals surface area contributed by atoms with Gasteiger partial charge in [-0.3, -0.25) is 0 Å². The molecule has 0 spiro atoms. The molecule has 0 heterocycles. The second kappa shape index (κ2) is 5.78. The number of rotatable bonds is 5. The fourth-order valence-electron chi connectivity index (χ4n) is 3.04. The van der Waals surface area contributed by atoms with E-state index in [9.17, 15) is 0 Å². The monoisotopic (exact) mass is 267 g/mol. The first-order valence-electron chi connectivity index (χ1n) is 7.22. The number of nitrogens with one attached hydrogen (secondary N) is 1. The summed E-state index contributed by atoms with van der Waals surface area (Å²) in [5.41, 5.74) is 5.50. The third-order valence-corrected chi connectivity index (χ3v) is 3.96. The van der Waals surface area contributed by atoms with Gasteiger partial charge in [-0.05, 0) is 28.2 Å². The molecule has 0 bridgehead atoms. The molecule has 0 radical (unpaired) electrons. The van der Waals surface area contributed by atoms with Crippen molar-refractivity contribution in [1.29, 1.82) is 0 Å². The van der Waals surface area contributed by atoms with Crippen molar-refractivity contribution < 1.29 is 4.74 Å². The quantitative estimate of drug-likeness (QED) is 0.893. The molecule has 2 nitrogen and oxygen atoms in total. The lowest BCUT2D eigenvalue weighted by molar-refractivity contribution is 0.157. The third-order valence-electron chi connectivity index (χ3n) is 3.96. The Morgan fingerprint density at radius 3 is 2.10 bits per heavy atom. The summed E-state index contributed by atoms with van der Waals surface area (Å²) in [7, 11) is 1.76. The molecule has 0 saturated carbocycles. The Kier molecular flexibility index (Phi) is 3.86. The SMILES string of the molecule is COCC(C)CNC1c2ccccc2-c2ccccc21. The molecule has 0 fully saturated rings. The fourth-order valence-corrected chi connectivity index (χ4v) is 3.04. The maximum absolute atomic E-state index is 5.22. The summed E-state index contributed by atoms with van der Waals surface area (Å²) < 4.78 is 5.22. The van der Waals surface area contributed by atoms with Crippen LogP contribution in [0, 0.1) is 5.92 Å². The molecule has 0 aromatic heterocycles. The van der Waals surface area contributed by atoms with E-state index < -0.39 is 0 Å². The lowest BCUT2D eigenvalue weighted by atomic mass is 10.0. The summed E-state index contributed by atoms with van der Waals surface area (Å²) in [4.78, 5) is 0. The van der Waals surface area contributed by atoms with Crippen LogP contribution < -0.4 is 5.32 Å². The van der Waals surface area contributed by atoms with Gasteiger partial charge in [-0.25, -0.2) is 0 Å². The van der Waals surface area contributed by atoms with Crippen LogP contribution in [0.5, 0.6) is 0 Å². The van der Waals surface area contributed by atoms with Gasteiger partial charge in [0, 0.05) is 20.3 Å². The Morgan fingerprint density at radius 2 is 1.55 bits per heavy atom. The molecule has 1 atom stereocenters. The number of methoxy groups -OCH3 is 1. The summed E-state index contributed by atoms with van der Waals surface area (Å²) in [6, 6.07) is 17.7. The zero-order valence-corrected chi connectivity index (χ0v) is 12.1. The first-order valence-corrected chi connectivity index (χ1v) is 7.22. The maximum atomic E-state index is 5.22. The molecule has 20 heavy (non-hydrogen) atoms. The van der Waals surface area contributed by atoms with Gasteiger partial charge in [-0.2, -0.15) is 0 Å². The van der Waals surface area contributed by atoms with Gasteiger partial charge in [0.05, 0.1) is 6.04 Å². The highest BCUT2D eigenvalue weighted by molar-refractivity contribution is 5.78. The largest absolute Gasteiger partial charge is 0.384 e. The van der Waals surface area contributed by atoms with Gasteiger partial charge >= 0.3 is 0 Å². The van der Waals surface area contributed by atoms with Crippen molar-refractivity contribution in [3.05, 3.63) is 59.7 Å². The van der Waals surface area contributed by atoms with Crippen LogP contribution in [0.15, 0.2) is 48.5 Å². The van der Waals surface area contributed by atoms with E-state index in [1.54, 1.807) is 7.11 Å². The number of hydrogen-bond acceptors (Lipinski definition) is 2. The van der Waals surface area contributed by atoms with E-state index in [0.717, 1.165) is 13.2 Å². The summed E-state index contributed by atoms with van der Waals surface area (Å²) in [6.45, 7) is 3.97. The molecule has 1 unspecified atom stereocenters. The van der Waals surface area contributed by atoms with Crippen LogP contribution in [0.25, 0.3) is 11.1 Å². The van der Waals surface area contributed by atoms with E-state index in [-0.39, 0.29) is 0 Å². The summed E-state index contributed by atoms with van der Waals surface area (Å²) in [5.74, 6) is 0.514. The minimum Gasteiger partial charge on any atom is -0.384 e. The number of benzene rings is 2. The first-order chi connectivity index (χ1) is 9.81. The second-order valence-corrected chi connectivity index (χ2v) is 5.58. The van der Waals surface area contributed by atoms with E-state index in [1.165, 1.54) is 22.3 Å². The van der Waals surface area contributed by atoms with Crippen LogP contribution in [0.1, 0.15) is 24.1 Å². The summed E-state index contributed by atoms with van der Waals surface area (Å²) >= 11 is 0. The van der Waals surface area contributed by atoms with E-state index in [0.29, 0.717) is 12.0 Å². The fraction of sp³-hybridized carbons (Fsp3) is 0.333. The van der Waals surface area contributed by atoms with Crippen LogP contribution in [0.3, 0.4) is 0 Å². The van der Waals surface area contributed by atoms with Gasteiger partial charge in [-0.15, -0.1) is 0 Å². The Bertz CT molecular complexity index is 548. The topological polar surface area (TPSA) is 21.3 Å². The third kappa shape index (κ3) is 2.37. The van der Waals surface area contributed by atoms with Crippen LogP contribution in [0.4, 0.5) is 0 Å². The molecule has 1 aliphatic carbocycles. The molecule has 3 rings (SSSR count). The van der Waals surface area contributed by atoms with Crippen LogP contribution in [-0.4, -0.2) is 20.3 Å². The average Bonchev–Trinajstić information content (AvgIpc) is 2.80. The van der Waals surface area contributed by atoms with Crippen molar-refractivity contribution in [3.63, 3.8) is 0 Å². The van der Waals surface area contributed by atoms with Gasteiger partial charge in [0.15, 0.2) is 0 Å². The van der Waals surface area contributed by atoms with Crippen molar-refractivity contribution >= 4 is 0 Å². The zero-order chi connectivity index (χ0) is 13.9. The minimum absolute atomic E-state index is 0.307. The van der Waals surface area contributed by atoms with E-state index >= 15 is 0 Å². The number of fused-ring (bicyclic) bond motifs is 3. The molecule has 2 aromatic rings.